The van der Waals surface area contributed by atoms with E-state index in [1.807, 2.05) is 20.8 Å². The Morgan fingerprint density at radius 3 is 2.55 bits per heavy atom. The summed E-state index contributed by atoms with van der Waals surface area (Å²) in [5.41, 5.74) is 2.45. The highest BCUT2D eigenvalue weighted by atomic mass is 16.6. The largest absolute Gasteiger partial charge is 0.337 e. The van der Waals surface area contributed by atoms with Crippen LogP contribution >= 0.6 is 0 Å². The van der Waals surface area contributed by atoms with Crippen molar-refractivity contribution in [1.82, 2.24) is 4.90 Å². The lowest BCUT2D eigenvalue weighted by Gasteiger charge is -2.35. The molecule has 1 aromatic rings. The number of carbonyl (C=O) groups is 1. The Bertz CT molecular complexity index is 528. The predicted molar refractivity (Wildman–Crippen MR) is 77.4 cm³/mol. The van der Waals surface area contributed by atoms with Gasteiger partial charge in [0.25, 0.3) is 11.6 Å². The molecule has 7 nitrogen and oxygen atoms in total. The fraction of sp³-hybridized carbons (Fsp3) is 0.462. The van der Waals surface area contributed by atoms with Gasteiger partial charge in [0.2, 0.25) is 0 Å². The van der Waals surface area contributed by atoms with Gasteiger partial charge in [0.15, 0.2) is 0 Å². The van der Waals surface area contributed by atoms with E-state index in [1.165, 1.54) is 18.2 Å². The summed E-state index contributed by atoms with van der Waals surface area (Å²) in [5, 5.41) is 10.8. The molecule has 1 aromatic carbocycles. The normalized spacial score (nSPS) is 11.1. The van der Waals surface area contributed by atoms with Gasteiger partial charge in [-0.2, -0.15) is 0 Å². The number of non-ortho nitro benzene ring substituents is 1. The molecule has 0 atom stereocenters. The molecule has 3 N–H and O–H groups in total. The van der Waals surface area contributed by atoms with Gasteiger partial charge in [0, 0.05) is 24.7 Å². The third-order valence-electron chi connectivity index (χ3n) is 3.68. The molecule has 110 valence electrons. The van der Waals surface area contributed by atoms with Crippen molar-refractivity contribution in [1.29, 1.82) is 0 Å². The van der Waals surface area contributed by atoms with E-state index in [9.17, 15) is 14.9 Å². The molecule has 0 aliphatic rings. The zero-order valence-electron chi connectivity index (χ0n) is 12.1. The zero-order valence-corrected chi connectivity index (χ0v) is 12.1. The molecule has 7 heteroatoms. The average Bonchev–Trinajstić information content (AvgIpc) is 2.44. The van der Waals surface area contributed by atoms with Crippen LogP contribution < -0.4 is 11.3 Å². The van der Waals surface area contributed by atoms with Crippen LogP contribution in [0.3, 0.4) is 0 Å². The maximum absolute atomic E-state index is 12.5. The molecule has 20 heavy (non-hydrogen) atoms. The van der Waals surface area contributed by atoms with Gasteiger partial charge in [-0.05, 0) is 26.3 Å². The first-order valence-electron chi connectivity index (χ1n) is 6.27. The molecule has 0 unspecified atom stereocenters. The molecule has 0 saturated heterocycles. The number of nitrogens with two attached hydrogens (primary N) is 1. The van der Waals surface area contributed by atoms with Crippen LogP contribution in [0.4, 0.5) is 11.4 Å². The Labute approximate surface area is 117 Å². The number of benzene rings is 1. The van der Waals surface area contributed by atoms with Crippen molar-refractivity contribution in [2.24, 2.45) is 5.84 Å². The minimum atomic E-state index is -0.540. The molecule has 0 aliphatic heterocycles. The maximum Gasteiger partial charge on any atom is 0.270 e. The van der Waals surface area contributed by atoms with Crippen LogP contribution in [0.2, 0.25) is 0 Å². The lowest BCUT2D eigenvalue weighted by atomic mass is 9.98. The topological polar surface area (TPSA) is 102 Å². The second kappa shape index (κ2) is 5.87. The first kappa shape index (κ1) is 15.9. The summed E-state index contributed by atoms with van der Waals surface area (Å²) in [7, 11) is 1.67. The molecule has 0 fully saturated rings. The van der Waals surface area contributed by atoms with Crippen molar-refractivity contribution in [2.45, 2.75) is 32.7 Å². The molecular weight excluding hydrogens is 260 g/mol. The number of nitrogen functional groups attached to an aromatic ring is 1. The van der Waals surface area contributed by atoms with E-state index in [1.54, 1.807) is 11.9 Å². The molecule has 0 bridgehead atoms. The van der Waals surface area contributed by atoms with Crippen molar-refractivity contribution in [3.63, 3.8) is 0 Å². The Hall–Kier alpha value is -2.15. The van der Waals surface area contributed by atoms with Crippen LogP contribution in [-0.2, 0) is 0 Å². The second-order valence-electron chi connectivity index (χ2n) is 5.16. The molecule has 0 aliphatic carbocycles. The molecule has 1 rings (SSSR count). The lowest BCUT2D eigenvalue weighted by molar-refractivity contribution is -0.384. The van der Waals surface area contributed by atoms with Crippen molar-refractivity contribution in [2.75, 3.05) is 12.5 Å². The number of nitrogens with one attached hydrogen (secondary N) is 1. The zero-order chi connectivity index (χ0) is 15.5. The van der Waals surface area contributed by atoms with Crippen molar-refractivity contribution in [3.05, 3.63) is 33.9 Å². The van der Waals surface area contributed by atoms with E-state index in [-0.39, 0.29) is 22.7 Å². The van der Waals surface area contributed by atoms with Gasteiger partial charge >= 0.3 is 0 Å². The number of nitro benzene ring substituents is 1. The Morgan fingerprint density at radius 1 is 1.50 bits per heavy atom. The highest BCUT2D eigenvalue weighted by molar-refractivity contribution is 6.00. The van der Waals surface area contributed by atoms with Crippen LogP contribution in [0.15, 0.2) is 18.2 Å². The lowest BCUT2D eigenvalue weighted by Crippen LogP contribution is -2.44. The monoisotopic (exact) mass is 280 g/mol. The average molecular weight is 280 g/mol. The van der Waals surface area contributed by atoms with Crippen LogP contribution in [-0.4, -0.2) is 28.3 Å². The first-order chi connectivity index (χ1) is 9.24. The Balaban J connectivity index is 3.26. The van der Waals surface area contributed by atoms with Gasteiger partial charge in [0.1, 0.15) is 0 Å². The summed E-state index contributed by atoms with van der Waals surface area (Å²) in [6.45, 7) is 5.83. The summed E-state index contributed by atoms with van der Waals surface area (Å²) in [6, 6.07) is 3.97. The van der Waals surface area contributed by atoms with Gasteiger partial charge in [0.05, 0.1) is 16.2 Å². The number of rotatable bonds is 5. The van der Waals surface area contributed by atoms with Crippen LogP contribution in [0.25, 0.3) is 0 Å². The minimum absolute atomic E-state index is 0.143. The standard InChI is InChI=1S/C13H20N4O3/c1-5-13(2,3)16(4)12(18)10-8-9(17(19)20)6-7-11(10)15-14/h6-8,15H,5,14H2,1-4H3. The highest BCUT2D eigenvalue weighted by Crippen LogP contribution is 2.26. The van der Waals surface area contributed by atoms with Crippen LogP contribution in [0.5, 0.6) is 0 Å². The van der Waals surface area contributed by atoms with E-state index in [0.29, 0.717) is 5.69 Å². The number of nitro groups is 1. The fourth-order valence-corrected chi connectivity index (χ4v) is 1.64. The molecule has 1 amide bonds. The number of nitrogens with zero attached hydrogens (tertiary/aromatic N) is 2. The highest BCUT2D eigenvalue weighted by Gasteiger charge is 2.28. The smallest absolute Gasteiger partial charge is 0.270 e. The first-order valence-corrected chi connectivity index (χ1v) is 6.27. The van der Waals surface area contributed by atoms with E-state index < -0.39 is 4.92 Å². The van der Waals surface area contributed by atoms with Crippen molar-refractivity contribution >= 4 is 17.3 Å². The van der Waals surface area contributed by atoms with Crippen molar-refractivity contribution in [3.8, 4) is 0 Å². The second-order valence-corrected chi connectivity index (χ2v) is 5.16. The summed E-state index contributed by atoms with van der Waals surface area (Å²) in [5.74, 6) is 5.05. The quantitative estimate of drug-likeness (QED) is 0.489. The summed E-state index contributed by atoms with van der Waals surface area (Å²) in [4.78, 5) is 24.4. The van der Waals surface area contributed by atoms with Gasteiger partial charge in [-0.1, -0.05) is 6.92 Å². The number of amides is 1. The van der Waals surface area contributed by atoms with Gasteiger partial charge in [-0.25, -0.2) is 0 Å². The van der Waals surface area contributed by atoms with E-state index >= 15 is 0 Å². The minimum Gasteiger partial charge on any atom is -0.337 e. The van der Waals surface area contributed by atoms with Crippen LogP contribution in [0, 0.1) is 10.1 Å². The molecule has 0 heterocycles. The summed E-state index contributed by atoms with van der Waals surface area (Å²) >= 11 is 0. The molecule has 0 radical (unpaired) electrons. The number of carbonyl (C=O) groups excluding carboxylic acids is 1. The third-order valence-corrected chi connectivity index (χ3v) is 3.68. The Morgan fingerprint density at radius 2 is 2.10 bits per heavy atom. The number of hydrazine groups is 1. The molecule has 0 saturated carbocycles. The number of anilines is 1. The van der Waals surface area contributed by atoms with E-state index in [0.717, 1.165) is 6.42 Å². The Kier molecular flexibility index (Phi) is 4.67. The maximum atomic E-state index is 12.5. The van der Waals surface area contributed by atoms with Gasteiger partial charge in [-0.15, -0.1) is 0 Å². The van der Waals surface area contributed by atoms with Crippen molar-refractivity contribution < 1.29 is 9.72 Å². The molecule has 0 spiro atoms. The van der Waals surface area contributed by atoms with Crippen LogP contribution in [0.1, 0.15) is 37.6 Å². The van der Waals surface area contributed by atoms with Gasteiger partial charge < -0.3 is 10.3 Å². The number of hydrogen-bond acceptors (Lipinski definition) is 5. The summed E-state index contributed by atoms with van der Waals surface area (Å²) < 4.78 is 0. The van der Waals surface area contributed by atoms with E-state index in [4.69, 9.17) is 5.84 Å². The van der Waals surface area contributed by atoms with E-state index in [2.05, 4.69) is 5.43 Å². The summed E-state index contributed by atoms with van der Waals surface area (Å²) in [6.07, 6.45) is 0.759. The fourth-order valence-electron chi connectivity index (χ4n) is 1.64. The van der Waals surface area contributed by atoms with Gasteiger partial charge in [-0.3, -0.25) is 20.8 Å². The predicted octanol–water partition coefficient (Wildman–Crippen LogP) is 2.14. The SMILES string of the molecule is CCC(C)(C)N(C)C(=O)c1cc([N+](=O)[O-])ccc1NN. The molecule has 0 aromatic heterocycles. The third kappa shape index (κ3) is 3.05. The molecular formula is C13H20N4O3. The number of hydrogen-bond donors (Lipinski definition) is 2.